The Bertz CT molecular complexity index is 597. The predicted octanol–water partition coefficient (Wildman–Crippen LogP) is 1.16. The molecule has 2 rings (SSSR count). The van der Waals surface area contributed by atoms with Crippen molar-refractivity contribution in [2.75, 3.05) is 32.8 Å². The number of nitrogens with zero attached hydrogens (tertiary/aromatic N) is 3. The highest BCUT2D eigenvalue weighted by molar-refractivity contribution is 5.99. The molecule has 1 aliphatic heterocycles. The van der Waals surface area contributed by atoms with E-state index in [1.807, 2.05) is 0 Å². The molecule has 0 radical (unpaired) electrons. The van der Waals surface area contributed by atoms with E-state index >= 15 is 0 Å². The maximum Gasteiger partial charge on any atom is 0.270 e. The average Bonchev–Trinajstić information content (AvgIpc) is 2.58. The molecule has 1 amide bonds. The molecule has 1 saturated heterocycles. The number of non-ortho nitro benzene ring substituents is 1. The lowest BCUT2D eigenvalue weighted by molar-refractivity contribution is -0.384. The topological polar surface area (TPSA) is 97.1 Å². The number of benzene rings is 1. The van der Waals surface area contributed by atoms with Crippen LogP contribution in [0.25, 0.3) is 0 Å². The summed E-state index contributed by atoms with van der Waals surface area (Å²) in [6.07, 6.45) is 0.353. The Morgan fingerprint density at radius 1 is 1.43 bits per heavy atom. The summed E-state index contributed by atoms with van der Waals surface area (Å²) in [4.78, 5) is 24.3. The Morgan fingerprint density at radius 3 is 2.87 bits per heavy atom. The maximum absolute atomic E-state index is 11.8. The molecular formula is C15H20N4O4. The van der Waals surface area contributed by atoms with Crippen LogP contribution < -0.4 is 5.43 Å². The first kappa shape index (κ1) is 17.0. The Labute approximate surface area is 134 Å². The van der Waals surface area contributed by atoms with Gasteiger partial charge in [0.05, 0.1) is 23.8 Å². The van der Waals surface area contributed by atoms with Gasteiger partial charge in [0.15, 0.2) is 0 Å². The van der Waals surface area contributed by atoms with Gasteiger partial charge in [-0.05, 0) is 6.92 Å². The van der Waals surface area contributed by atoms with Gasteiger partial charge in [0, 0.05) is 43.8 Å². The first-order valence-electron chi connectivity index (χ1n) is 7.44. The molecular weight excluding hydrogens is 300 g/mol. The summed E-state index contributed by atoms with van der Waals surface area (Å²) in [5.41, 5.74) is 3.61. The molecule has 1 N–H and O–H groups in total. The molecule has 1 aromatic rings. The van der Waals surface area contributed by atoms with Crippen molar-refractivity contribution >= 4 is 17.3 Å². The number of carbonyl (C=O) groups excluding carboxylic acids is 1. The van der Waals surface area contributed by atoms with E-state index in [0.717, 1.165) is 13.1 Å². The van der Waals surface area contributed by atoms with Crippen molar-refractivity contribution in [2.45, 2.75) is 13.3 Å². The molecule has 8 nitrogen and oxygen atoms in total. The number of hydrazone groups is 1. The second kappa shape index (κ2) is 8.35. The average molecular weight is 320 g/mol. The van der Waals surface area contributed by atoms with Crippen molar-refractivity contribution < 1.29 is 14.5 Å². The summed E-state index contributed by atoms with van der Waals surface area (Å²) in [7, 11) is 0. The fourth-order valence-electron chi connectivity index (χ4n) is 2.20. The summed E-state index contributed by atoms with van der Waals surface area (Å²) in [6.45, 7) is 5.44. The van der Waals surface area contributed by atoms with E-state index in [0.29, 0.717) is 37.5 Å². The maximum atomic E-state index is 11.8. The minimum atomic E-state index is -0.461. The number of nitro benzene ring substituents is 1. The molecule has 124 valence electrons. The van der Waals surface area contributed by atoms with Gasteiger partial charge in [-0.3, -0.25) is 19.8 Å². The third-order valence-electron chi connectivity index (χ3n) is 3.58. The van der Waals surface area contributed by atoms with Crippen LogP contribution in [0.2, 0.25) is 0 Å². The molecule has 0 atom stereocenters. The molecule has 8 heteroatoms. The second-order valence-corrected chi connectivity index (χ2v) is 5.24. The van der Waals surface area contributed by atoms with E-state index in [-0.39, 0.29) is 11.6 Å². The zero-order chi connectivity index (χ0) is 16.7. The van der Waals surface area contributed by atoms with Crippen LogP contribution in [0.5, 0.6) is 0 Å². The molecule has 0 bridgehead atoms. The molecule has 1 aromatic carbocycles. The van der Waals surface area contributed by atoms with Crippen LogP contribution in [0.4, 0.5) is 5.69 Å². The van der Waals surface area contributed by atoms with Crippen LogP contribution >= 0.6 is 0 Å². The number of rotatable bonds is 6. The second-order valence-electron chi connectivity index (χ2n) is 5.24. The summed E-state index contributed by atoms with van der Waals surface area (Å²) in [6, 6.07) is 6.15. The molecule has 0 unspecified atom stereocenters. The lowest BCUT2D eigenvalue weighted by Gasteiger charge is -2.25. The highest BCUT2D eigenvalue weighted by atomic mass is 16.6. The Balaban J connectivity index is 1.84. The van der Waals surface area contributed by atoms with Gasteiger partial charge in [-0.1, -0.05) is 12.1 Å². The van der Waals surface area contributed by atoms with Crippen molar-refractivity contribution in [3.05, 3.63) is 39.9 Å². The summed E-state index contributed by atoms with van der Waals surface area (Å²) < 4.78 is 5.25. The molecule has 0 saturated carbocycles. The smallest absolute Gasteiger partial charge is 0.270 e. The predicted molar refractivity (Wildman–Crippen MR) is 85.3 cm³/mol. The lowest BCUT2D eigenvalue weighted by Crippen LogP contribution is -2.38. The van der Waals surface area contributed by atoms with Crippen LogP contribution in [0.3, 0.4) is 0 Å². The number of nitrogens with one attached hydrogen (secondary N) is 1. The monoisotopic (exact) mass is 320 g/mol. The zero-order valence-electron chi connectivity index (χ0n) is 13.0. The number of hydrogen-bond donors (Lipinski definition) is 1. The van der Waals surface area contributed by atoms with Gasteiger partial charge in [0.1, 0.15) is 0 Å². The minimum Gasteiger partial charge on any atom is -0.379 e. The Kier molecular flexibility index (Phi) is 6.19. The normalized spacial score (nSPS) is 16.1. The zero-order valence-corrected chi connectivity index (χ0v) is 13.0. The van der Waals surface area contributed by atoms with Gasteiger partial charge in [-0.15, -0.1) is 0 Å². The number of amides is 1. The van der Waals surface area contributed by atoms with Gasteiger partial charge in [0.2, 0.25) is 5.91 Å². The van der Waals surface area contributed by atoms with E-state index in [1.54, 1.807) is 19.1 Å². The van der Waals surface area contributed by atoms with Gasteiger partial charge in [-0.2, -0.15) is 5.10 Å². The fourth-order valence-corrected chi connectivity index (χ4v) is 2.20. The quantitative estimate of drug-likeness (QED) is 0.482. The standard InChI is InChI=1S/C15H20N4O4/c1-12(13-3-2-4-14(11-13)19(21)22)16-17-15(20)5-6-18-7-9-23-10-8-18/h2-4,11H,5-10H2,1H3,(H,17,20). The Morgan fingerprint density at radius 2 is 2.17 bits per heavy atom. The van der Waals surface area contributed by atoms with E-state index < -0.39 is 4.92 Å². The molecule has 0 spiro atoms. The van der Waals surface area contributed by atoms with Gasteiger partial charge in [-0.25, -0.2) is 5.43 Å². The number of carbonyl (C=O) groups is 1. The SMILES string of the molecule is CC(=NNC(=O)CCN1CCOCC1)c1cccc([N+](=O)[O-])c1. The third kappa shape index (κ3) is 5.42. The van der Waals surface area contributed by atoms with Crippen molar-refractivity contribution in [1.82, 2.24) is 10.3 Å². The summed E-state index contributed by atoms with van der Waals surface area (Å²) in [5.74, 6) is -0.179. The van der Waals surface area contributed by atoms with E-state index in [2.05, 4.69) is 15.4 Å². The molecule has 1 aliphatic rings. The molecule has 0 aliphatic carbocycles. The number of morpholine rings is 1. The van der Waals surface area contributed by atoms with Crippen LogP contribution in [0.15, 0.2) is 29.4 Å². The van der Waals surface area contributed by atoms with E-state index in [4.69, 9.17) is 4.74 Å². The van der Waals surface area contributed by atoms with Crippen LogP contribution in [0.1, 0.15) is 18.9 Å². The van der Waals surface area contributed by atoms with Crippen molar-refractivity contribution in [3.8, 4) is 0 Å². The fraction of sp³-hybridized carbons (Fsp3) is 0.467. The third-order valence-corrected chi connectivity index (χ3v) is 3.58. The molecule has 1 fully saturated rings. The molecule has 23 heavy (non-hydrogen) atoms. The minimum absolute atomic E-state index is 0.00399. The van der Waals surface area contributed by atoms with E-state index in [1.165, 1.54) is 12.1 Å². The lowest BCUT2D eigenvalue weighted by atomic mass is 10.1. The van der Waals surface area contributed by atoms with Gasteiger partial charge >= 0.3 is 0 Å². The molecule has 0 aromatic heterocycles. The van der Waals surface area contributed by atoms with Crippen LogP contribution in [-0.2, 0) is 9.53 Å². The first-order chi connectivity index (χ1) is 11.1. The highest BCUT2D eigenvalue weighted by Crippen LogP contribution is 2.13. The molecule has 1 heterocycles. The number of ether oxygens (including phenoxy) is 1. The highest BCUT2D eigenvalue weighted by Gasteiger charge is 2.12. The van der Waals surface area contributed by atoms with Crippen molar-refractivity contribution in [3.63, 3.8) is 0 Å². The van der Waals surface area contributed by atoms with Crippen molar-refractivity contribution in [1.29, 1.82) is 0 Å². The Hall–Kier alpha value is -2.32. The first-order valence-corrected chi connectivity index (χ1v) is 7.44. The summed E-state index contributed by atoms with van der Waals surface area (Å²) >= 11 is 0. The van der Waals surface area contributed by atoms with Gasteiger partial charge in [0.25, 0.3) is 5.69 Å². The number of nitro groups is 1. The number of hydrogen-bond acceptors (Lipinski definition) is 6. The summed E-state index contributed by atoms with van der Waals surface area (Å²) in [5, 5.41) is 14.8. The van der Waals surface area contributed by atoms with Crippen molar-refractivity contribution in [2.24, 2.45) is 5.10 Å². The van der Waals surface area contributed by atoms with E-state index in [9.17, 15) is 14.9 Å². The largest absolute Gasteiger partial charge is 0.379 e. The van der Waals surface area contributed by atoms with Crippen LogP contribution in [-0.4, -0.2) is 54.3 Å². The van der Waals surface area contributed by atoms with Gasteiger partial charge < -0.3 is 4.74 Å². The van der Waals surface area contributed by atoms with Crippen LogP contribution in [0, 0.1) is 10.1 Å².